The van der Waals surface area contributed by atoms with Gasteiger partial charge in [0.2, 0.25) is 0 Å². The van der Waals surface area contributed by atoms with Gasteiger partial charge in [-0.2, -0.15) is 0 Å². The number of hydrogen-bond acceptors (Lipinski definition) is 4. The summed E-state index contributed by atoms with van der Waals surface area (Å²) in [7, 11) is 1.62. The average Bonchev–Trinajstić information content (AvgIpc) is 2.68. The third-order valence-corrected chi connectivity index (χ3v) is 4.79. The zero-order valence-corrected chi connectivity index (χ0v) is 16.6. The SMILES string of the molecule is CCCCNC(C)c1nc2cc(Cl)ccc2c(=O)n1-c1ccc(OC)cc1. The van der Waals surface area contributed by atoms with Gasteiger partial charge in [0.05, 0.1) is 29.7 Å². The van der Waals surface area contributed by atoms with E-state index in [0.29, 0.717) is 21.7 Å². The number of rotatable bonds is 7. The number of fused-ring (bicyclic) bond motifs is 1. The van der Waals surface area contributed by atoms with Crippen LogP contribution in [0.3, 0.4) is 0 Å². The van der Waals surface area contributed by atoms with E-state index in [1.807, 2.05) is 31.2 Å². The quantitative estimate of drug-likeness (QED) is 0.608. The second-order valence-corrected chi connectivity index (χ2v) is 6.94. The van der Waals surface area contributed by atoms with Gasteiger partial charge >= 0.3 is 0 Å². The molecule has 1 N–H and O–H groups in total. The van der Waals surface area contributed by atoms with Gasteiger partial charge in [0.15, 0.2) is 0 Å². The molecule has 0 saturated heterocycles. The molecule has 142 valence electrons. The highest BCUT2D eigenvalue weighted by Gasteiger charge is 2.18. The Bertz CT molecular complexity index is 983. The van der Waals surface area contributed by atoms with Crippen molar-refractivity contribution in [3.63, 3.8) is 0 Å². The summed E-state index contributed by atoms with van der Waals surface area (Å²) >= 11 is 6.12. The largest absolute Gasteiger partial charge is 0.497 e. The summed E-state index contributed by atoms with van der Waals surface area (Å²) in [5, 5.41) is 4.56. The van der Waals surface area contributed by atoms with Crippen LogP contribution in [0.25, 0.3) is 16.6 Å². The molecule has 1 aromatic heterocycles. The summed E-state index contributed by atoms with van der Waals surface area (Å²) in [5.74, 6) is 1.40. The van der Waals surface area contributed by atoms with Crippen molar-refractivity contribution in [3.8, 4) is 11.4 Å². The number of benzene rings is 2. The Balaban J connectivity index is 2.18. The lowest BCUT2D eigenvalue weighted by molar-refractivity contribution is 0.414. The number of nitrogens with one attached hydrogen (secondary N) is 1. The minimum absolute atomic E-state index is 0.0882. The number of aromatic nitrogens is 2. The lowest BCUT2D eigenvalue weighted by Gasteiger charge is -2.20. The molecule has 0 fully saturated rings. The van der Waals surface area contributed by atoms with E-state index >= 15 is 0 Å². The molecule has 2 aromatic carbocycles. The smallest absolute Gasteiger partial charge is 0.266 e. The topological polar surface area (TPSA) is 56.2 Å². The van der Waals surface area contributed by atoms with E-state index in [2.05, 4.69) is 12.2 Å². The minimum Gasteiger partial charge on any atom is -0.497 e. The molecular formula is C21H24ClN3O2. The van der Waals surface area contributed by atoms with Crippen LogP contribution in [0.1, 0.15) is 38.6 Å². The zero-order valence-electron chi connectivity index (χ0n) is 15.8. The molecule has 0 saturated carbocycles. The van der Waals surface area contributed by atoms with Crippen LogP contribution in [0.4, 0.5) is 0 Å². The van der Waals surface area contributed by atoms with Crippen molar-refractivity contribution >= 4 is 22.5 Å². The number of halogens is 1. The lowest BCUT2D eigenvalue weighted by atomic mass is 10.2. The van der Waals surface area contributed by atoms with Gasteiger partial charge in [-0.25, -0.2) is 4.98 Å². The van der Waals surface area contributed by atoms with Crippen molar-refractivity contribution in [1.29, 1.82) is 0 Å². The van der Waals surface area contributed by atoms with Gasteiger partial charge in [0.25, 0.3) is 5.56 Å². The maximum absolute atomic E-state index is 13.3. The molecule has 0 aliphatic heterocycles. The lowest BCUT2D eigenvalue weighted by Crippen LogP contribution is -2.30. The zero-order chi connectivity index (χ0) is 19.4. The highest BCUT2D eigenvalue weighted by Crippen LogP contribution is 2.22. The maximum atomic E-state index is 13.3. The maximum Gasteiger partial charge on any atom is 0.266 e. The molecular weight excluding hydrogens is 362 g/mol. The van der Waals surface area contributed by atoms with Crippen molar-refractivity contribution in [2.24, 2.45) is 0 Å². The van der Waals surface area contributed by atoms with Gasteiger partial charge in [-0.05, 0) is 62.4 Å². The third-order valence-electron chi connectivity index (χ3n) is 4.56. The Labute approximate surface area is 164 Å². The van der Waals surface area contributed by atoms with E-state index in [9.17, 15) is 4.79 Å². The number of hydrogen-bond donors (Lipinski definition) is 1. The van der Waals surface area contributed by atoms with Crippen molar-refractivity contribution in [1.82, 2.24) is 14.9 Å². The van der Waals surface area contributed by atoms with Gasteiger partial charge in [0, 0.05) is 5.02 Å². The van der Waals surface area contributed by atoms with E-state index in [1.165, 1.54) is 0 Å². The minimum atomic E-state index is -0.110. The van der Waals surface area contributed by atoms with E-state index < -0.39 is 0 Å². The second-order valence-electron chi connectivity index (χ2n) is 6.50. The molecule has 0 radical (unpaired) electrons. The van der Waals surface area contributed by atoms with E-state index in [-0.39, 0.29) is 11.6 Å². The van der Waals surface area contributed by atoms with Crippen molar-refractivity contribution < 1.29 is 4.74 Å². The van der Waals surface area contributed by atoms with Gasteiger partial charge in [-0.3, -0.25) is 9.36 Å². The van der Waals surface area contributed by atoms with Crippen LogP contribution >= 0.6 is 11.6 Å². The molecule has 0 amide bonds. The molecule has 0 bridgehead atoms. The highest BCUT2D eigenvalue weighted by molar-refractivity contribution is 6.31. The first-order valence-corrected chi connectivity index (χ1v) is 9.53. The predicted molar refractivity (Wildman–Crippen MR) is 110 cm³/mol. The summed E-state index contributed by atoms with van der Waals surface area (Å²) < 4.78 is 6.90. The van der Waals surface area contributed by atoms with Gasteiger partial charge < -0.3 is 10.1 Å². The summed E-state index contributed by atoms with van der Waals surface area (Å²) in [5.41, 5.74) is 1.25. The summed E-state index contributed by atoms with van der Waals surface area (Å²) in [6, 6.07) is 12.5. The first-order valence-electron chi connectivity index (χ1n) is 9.15. The van der Waals surface area contributed by atoms with E-state index in [4.69, 9.17) is 21.3 Å². The van der Waals surface area contributed by atoms with Crippen molar-refractivity contribution in [2.75, 3.05) is 13.7 Å². The summed E-state index contributed by atoms with van der Waals surface area (Å²) in [4.78, 5) is 18.0. The third kappa shape index (κ3) is 4.15. The van der Waals surface area contributed by atoms with Crippen LogP contribution in [0.5, 0.6) is 5.75 Å². The average molecular weight is 386 g/mol. The van der Waals surface area contributed by atoms with Gasteiger partial charge in [-0.1, -0.05) is 24.9 Å². The number of nitrogens with zero attached hydrogens (tertiary/aromatic N) is 2. The highest BCUT2D eigenvalue weighted by atomic mass is 35.5. The molecule has 6 heteroatoms. The van der Waals surface area contributed by atoms with E-state index in [1.54, 1.807) is 29.9 Å². The first-order chi connectivity index (χ1) is 13.0. The Kier molecular flexibility index (Phi) is 6.14. The monoisotopic (exact) mass is 385 g/mol. The number of methoxy groups -OCH3 is 1. The van der Waals surface area contributed by atoms with Gasteiger partial charge in [0.1, 0.15) is 11.6 Å². The number of ether oxygens (including phenoxy) is 1. The normalized spacial score (nSPS) is 12.3. The Morgan fingerprint density at radius 2 is 1.96 bits per heavy atom. The fourth-order valence-corrected chi connectivity index (χ4v) is 3.20. The predicted octanol–water partition coefficient (Wildman–Crippen LogP) is 4.50. The fraction of sp³-hybridized carbons (Fsp3) is 0.333. The van der Waals surface area contributed by atoms with Crippen LogP contribution < -0.4 is 15.6 Å². The van der Waals surface area contributed by atoms with Crippen LogP contribution in [0, 0.1) is 0 Å². The molecule has 3 rings (SSSR count). The van der Waals surface area contributed by atoms with Crippen LogP contribution in [-0.4, -0.2) is 23.2 Å². The van der Waals surface area contributed by atoms with Crippen LogP contribution in [0.15, 0.2) is 47.3 Å². The van der Waals surface area contributed by atoms with Crippen molar-refractivity contribution in [2.45, 2.75) is 32.7 Å². The molecule has 1 unspecified atom stereocenters. The Hall–Kier alpha value is -2.37. The molecule has 0 aliphatic carbocycles. The first kappa shape index (κ1) is 19.4. The van der Waals surface area contributed by atoms with Crippen LogP contribution in [-0.2, 0) is 0 Å². The number of unbranched alkanes of at least 4 members (excludes halogenated alkanes) is 1. The molecule has 1 heterocycles. The Morgan fingerprint density at radius 1 is 1.22 bits per heavy atom. The Morgan fingerprint density at radius 3 is 2.63 bits per heavy atom. The molecule has 27 heavy (non-hydrogen) atoms. The van der Waals surface area contributed by atoms with Gasteiger partial charge in [-0.15, -0.1) is 0 Å². The summed E-state index contributed by atoms with van der Waals surface area (Å²) in [6.45, 7) is 5.04. The summed E-state index contributed by atoms with van der Waals surface area (Å²) in [6.07, 6.45) is 2.17. The molecule has 5 nitrogen and oxygen atoms in total. The van der Waals surface area contributed by atoms with Crippen LogP contribution in [0.2, 0.25) is 5.02 Å². The molecule has 3 aromatic rings. The fourth-order valence-electron chi connectivity index (χ4n) is 3.03. The van der Waals surface area contributed by atoms with Crippen molar-refractivity contribution in [3.05, 3.63) is 63.7 Å². The second kappa shape index (κ2) is 8.55. The standard InChI is InChI=1S/C21H24ClN3O2/c1-4-5-12-23-14(2)20-24-19-13-15(22)6-11-18(19)21(26)25(20)16-7-9-17(27-3)10-8-16/h6-11,13-14,23H,4-5,12H2,1-3H3. The molecule has 1 atom stereocenters. The molecule has 0 spiro atoms. The van der Waals surface area contributed by atoms with E-state index in [0.717, 1.165) is 30.8 Å². The molecule has 0 aliphatic rings.